The highest BCUT2D eigenvalue weighted by atomic mass is 32.1. The fourth-order valence-electron chi connectivity index (χ4n) is 5.47. The predicted molar refractivity (Wildman–Crippen MR) is 193 cm³/mol. The number of nitrogens with zero attached hydrogens (tertiary/aromatic N) is 1. The average Bonchev–Trinajstić information content (AvgIpc) is 3.51. The Balaban J connectivity index is 1.18. The third-order valence-electron chi connectivity index (χ3n) is 8.08. The summed E-state index contributed by atoms with van der Waals surface area (Å²) in [6, 6.07) is 22.8. The van der Waals surface area contributed by atoms with E-state index in [-0.39, 0.29) is 18.4 Å². The Labute approximate surface area is 295 Å². The van der Waals surface area contributed by atoms with Gasteiger partial charge in [-0.2, -0.15) is 0 Å². The van der Waals surface area contributed by atoms with Crippen LogP contribution in [0.5, 0.6) is 5.75 Å². The Bertz CT molecular complexity index is 1830. The highest BCUT2D eigenvalue weighted by molar-refractivity contribution is 7.19. The molecule has 0 radical (unpaired) electrons. The molecule has 4 N–H and O–H groups in total. The lowest BCUT2D eigenvalue weighted by Crippen LogP contribution is -2.45. The molecule has 1 aliphatic heterocycles. The Morgan fingerprint density at radius 2 is 1.70 bits per heavy atom. The van der Waals surface area contributed by atoms with Crippen LogP contribution < -0.4 is 20.9 Å². The maximum Gasteiger partial charge on any atom is 0.410 e. The predicted octanol–water partition coefficient (Wildman–Crippen LogP) is 6.43. The summed E-state index contributed by atoms with van der Waals surface area (Å²) in [7, 11) is 0. The van der Waals surface area contributed by atoms with Crippen LogP contribution in [0.2, 0.25) is 0 Å². The summed E-state index contributed by atoms with van der Waals surface area (Å²) in [6.45, 7) is 7.32. The molecular formula is C38H42N4O7S. The van der Waals surface area contributed by atoms with Gasteiger partial charge in [0.1, 0.15) is 17.4 Å². The van der Waals surface area contributed by atoms with Gasteiger partial charge in [-0.3, -0.25) is 19.6 Å². The van der Waals surface area contributed by atoms with Gasteiger partial charge in [0, 0.05) is 46.4 Å². The van der Waals surface area contributed by atoms with Crippen molar-refractivity contribution in [1.82, 2.24) is 15.7 Å². The van der Waals surface area contributed by atoms with Crippen molar-refractivity contribution >= 4 is 57.0 Å². The first-order valence-electron chi connectivity index (χ1n) is 16.5. The van der Waals surface area contributed by atoms with E-state index in [9.17, 15) is 19.2 Å². The van der Waals surface area contributed by atoms with Crippen LogP contribution in [0.1, 0.15) is 54.4 Å². The highest BCUT2D eigenvalue weighted by Gasteiger charge is 2.27. The van der Waals surface area contributed by atoms with Crippen LogP contribution in [0.25, 0.3) is 16.2 Å². The van der Waals surface area contributed by atoms with Crippen molar-refractivity contribution in [2.24, 2.45) is 5.92 Å². The number of hydroxylamine groups is 1. The fraction of sp³-hybridized carbons (Fsp3) is 0.316. The lowest BCUT2D eigenvalue weighted by molar-refractivity contribution is -0.124. The summed E-state index contributed by atoms with van der Waals surface area (Å²) in [4.78, 5) is 53.2. The number of nitrogens with one attached hydrogen (secondary N) is 3. The molecule has 11 nitrogen and oxygen atoms in total. The van der Waals surface area contributed by atoms with Crippen molar-refractivity contribution in [2.75, 3.05) is 25.0 Å². The van der Waals surface area contributed by atoms with Gasteiger partial charge >= 0.3 is 6.09 Å². The molecule has 1 aromatic heterocycles. The maximum absolute atomic E-state index is 13.6. The number of carbonyl (C=O) groups is 4. The summed E-state index contributed by atoms with van der Waals surface area (Å²) in [5.41, 5.74) is 2.89. The Morgan fingerprint density at radius 3 is 2.38 bits per heavy atom. The van der Waals surface area contributed by atoms with Crippen LogP contribution >= 0.6 is 11.3 Å². The molecule has 1 unspecified atom stereocenters. The molecule has 12 heteroatoms. The van der Waals surface area contributed by atoms with E-state index in [1.807, 2.05) is 69.3 Å². The lowest BCUT2D eigenvalue weighted by Gasteiger charge is -2.33. The van der Waals surface area contributed by atoms with Gasteiger partial charge in [-0.05, 0) is 105 Å². The zero-order valence-corrected chi connectivity index (χ0v) is 29.1. The van der Waals surface area contributed by atoms with Crippen LogP contribution in [-0.2, 0) is 20.7 Å². The number of anilines is 1. The smallest absolute Gasteiger partial charge is 0.410 e. The van der Waals surface area contributed by atoms with E-state index in [0.717, 1.165) is 33.4 Å². The summed E-state index contributed by atoms with van der Waals surface area (Å²) in [5, 5.41) is 15.4. The van der Waals surface area contributed by atoms with Crippen molar-refractivity contribution < 1.29 is 33.9 Å². The number of benzene rings is 3. The number of carbonyl (C=O) groups excluding carboxylic acids is 4. The van der Waals surface area contributed by atoms with E-state index in [0.29, 0.717) is 42.6 Å². The van der Waals surface area contributed by atoms with Crippen molar-refractivity contribution in [2.45, 2.75) is 51.7 Å². The molecule has 2 heterocycles. The van der Waals surface area contributed by atoms with Crippen LogP contribution in [0.3, 0.4) is 0 Å². The second kappa shape index (κ2) is 16.5. The Hall–Kier alpha value is -5.20. The van der Waals surface area contributed by atoms with Crippen LogP contribution in [-0.4, -0.2) is 65.3 Å². The molecule has 1 fully saturated rings. The monoisotopic (exact) mass is 698 g/mol. The molecule has 0 aliphatic carbocycles. The van der Waals surface area contributed by atoms with Crippen molar-refractivity contribution in [3.05, 3.63) is 101 Å². The van der Waals surface area contributed by atoms with Gasteiger partial charge in [-0.25, -0.2) is 10.3 Å². The van der Waals surface area contributed by atoms with Gasteiger partial charge in [0.2, 0.25) is 5.91 Å². The maximum atomic E-state index is 13.6. The summed E-state index contributed by atoms with van der Waals surface area (Å²) in [6.07, 6.45) is 4.45. The number of ether oxygens (including phenoxy) is 2. The van der Waals surface area contributed by atoms with Crippen LogP contribution in [0, 0.1) is 5.92 Å². The molecule has 0 saturated carbocycles. The fourth-order valence-corrected chi connectivity index (χ4v) is 6.42. The largest absolute Gasteiger partial charge is 0.493 e. The molecule has 3 aromatic carbocycles. The Kier molecular flexibility index (Phi) is 11.9. The van der Waals surface area contributed by atoms with Gasteiger partial charge < -0.3 is 25.0 Å². The second-order valence-corrected chi connectivity index (χ2v) is 14.3. The number of hydrogen-bond acceptors (Lipinski definition) is 8. The molecule has 0 spiro atoms. The van der Waals surface area contributed by atoms with E-state index < -0.39 is 23.5 Å². The minimum absolute atomic E-state index is 0.286. The third kappa shape index (κ3) is 10.4. The minimum Gasteiger partial charge on any atom is -0.493 e. The zero-order valence-electron chi connectivity index (χ0n) is 28.3. The van der Waals surface area contributed by atoms with E-state index >= 15 is 0 Å². The van der Waals surface area contributed by atoms with Gasteiger partial charge in [0.15, 0.2) is 0 Å². The van der Waals surface area contributed by atoms with E-state index in [1.165, 1.54) is 17.4 Å². The Morgan fingerprint density at radius 1 is 0.980 bits per heavy atom. The molecule has 262 valence electrons. The standard InChI is InChI=1S/C38H42N4O7S/c1-38(2,3)49-37(46)42-19-17-26(18-20-42)24-48-30-12-9-27(10-13-30)35(44)40-32(21-25-7-5-4-6-8-25)36(45)39-29-11-15-33-28(22-29)23-31(50-33)14-16-34(43)41-47/h4-16,22-23,26,32,47H,17-21,24H2,1-3H3,(H,39,45)(H,40,44)(H,41,43)/b16-14+. The normalized spacial score (nSPS) is 14.3. The number of hydrogen-bond donors (Lipinski definition) is 4. The van der Waals surface area contributed by atoms with Gasteiger partial charge in [0.05, 0.1) is 6.61 Å². The number of likely N-dealkylation sites (tertiary alicyclic amines) is 1. The molecule has 1 atom stereocenters. The molecule has 4 amide bonds. The van der Waals surface area contributed by atoms with Gasteiger partial charge in [-0.15, -0.1) is 11.3 Å². The van der Waals surface area contributed by atoms with Gasteiger partial charge in [0.25, 0.3) is 11.8 Å². The molecule has 5 rings (SSSR count). The SMILES string of the molecule is CC(C)(C)OC(=O)N1CCC(COc2ccc(C(=O)NC(Cc3ccccc3)C(=O)Nc3ccc4sc(/C=C/C(=O)NO)cc4c3)cc2)CC1. The van der Waals surface area contributed by atoms with E-state index in [2.05, 4.69) is 10.6 Å². The van der Waals surface area contributed by atoms with Crippen LogP contribution in [0.15, 0.2) is 84.9 Å². The third-order valence-corrected chi connectivity index (χ3v) is 9.17. The quantitative estimate of drug-likeness (QED) is 0.0803. The number of piperidine rings is 1. The number of rotatable bonds is 11. The highest BCUT2D eigenvalue weighted by Crippen LogP contribution is 2.29. The first kappa shape index (κ1) is 36.1. The average molecular weight is 699 g/mol. The molecular weight excluding hydrogens is 657 g/mol. The molecule has 4 aromatic rings. The molecule has 1 saturated heterocycles. The molecule has 1 aliphatic rings. The molecule has 0 bridgehead atoms. The number of thiophene rings is 1. The summed E-state index contributed by atoms with van der Waals surface area (Å²) in [5.74, 6) is -0.452. The number of fused-ring (bicyclic) bond motifs is 1. The minimum atomic E-state index is -0.860. The first-order valence-corrected chi connectivity index (χ1v) is 17.3. The first-order chi connectivity index (χ1) is 24.0. The topological polar surface area (TPSA) is 146 Å². The van der Waals surface area contributed by atoms with Crippen molar-refractivity contribution in [1.29, 1.82) is 0 Å². The van der Waals surface area contributed by atoms with E-state index in [4.69, 9.17) is 14.7 Å². The zero-order chi connectivity index (χ0) is 35.7. The lowest BCUT2D eigenvalue weighted by atomic mass is 9.98. The van der Waals surface area contributed by atoms with E-state index in [1.54, 1.807) is 46.8 Å². The second-order valence-electron chi connectivity index (χ2n) is 13.2. The summed E-state index contributed by atoms with van der Waals surface area (Å²) < 4.78 is 12.5. The van der Waals surface area contributed by atoms with Crippen molar-refractivity contribution in [3.8, 4) is 5.75 Å². The summed E-state index contributed by atoms with van der Waals surface area (Å²) >= 11 is 1.46. The molecule has 50 heavy (non-hydrogen) atoms. The van der Waals surface area contributed by atoms with Gasteiger partial charge in [-0.1, -0.05) is 30.3 Å². The van der Waals surface area contributed by atoms with Crippen LogP contribution in [0.4, 0.5) is 10.5 Å². The number of amides is 4. The van der Waals surface area contributed by atoms with Crippen molar-refractivity contribution in [3.63, 3.8) is 0 Å².